The van der Waals surface area contributed by atoms with Crippen LogP contribution in [0.25, 0.3) is 0 Å². The van der Waals surface area contributed by atoms with Crippen LogP contribution in [0.2, 0.25) is 0 Å². The number of anilines is 1. The second-order valence-corrected chi connectivity index (χ2v) is 5.32. The molecule has 22 heavy (non-hydrogen) atoms. The maximum absolute atomic E-state index is 6.06. The Hall–Kier alpha value is -1.28. The van der Waals surface area contributed by atoms with Crippen LogP contribution in [0.3, 0.4) is 0 Å². The number of hydrogen-bond acceptors (Lipinski definition) is 3. The lowest BCUT2D eigenvalue weighted by molar-refractivity contribution is 0.0674. The van der Waals surface area contributed by atoms with Gasteiger partial charge in [-0.05, 0) is 17.7 Å². The zero-order chi connectivity index (χ0) is 14.5. The van der Waals surface area contributed by atoms with Gasteiger partial charge >= 0.3 is 0 Å². The van der Waals surface area contributed by atoms with Crippen molar-refractivity contribution in [2.45, 2.75) is 6.54 Å². The summed E-state index contributed by atoms with van der Waals surface area (Å²) in [5.41, 5.74) is 8.49. The van der Waals surface area contributed by atoms with Gasteiger partial charge in [0.2, 0.25) is 0 Å². The summed E-state index contributed by atoms with van der Waals surface area (Å²) in [6.07, 6.45) is 4.39. The van der Waals surface area contributed by atoms with Crippen LogP contribution in [-0.4, -0.2) is 50.3 Å². The zero-order valence-corrected chi connectivity index (χ0v) is 15.0. The number of aliphatic imine (C=N–C) groups is 1. The Bertz CT molecular complexity index is 533. The zero-order valence-electron chi connectivity index (χ0n) is 12.6. The molecule has 0 radical (unpaired) electrons. The summed E-state index contributed by atoms with van der Waals surface area (Å²) in [6.45, 7) is 5.72. The summed E-state index contributed by atoms with van der Waals surface area (Å²) in [4.78, 5) is 8.93. The molecule has 3 rings (SSSR count). The molecule has 0 amide bonds. The van der Waals surface area contributed by atoms with Crippen molar-refractivity contribution in [1.82, 2.24) is 4.90 Å². The molecule has 0 atom stereocenters. The van der Waals surface area contributed by atoms with E-state index in [4.69, 9.17) is 10.5 Å². The Kier molecular flexibility index (Phi) is 6.50. The topological polar surface area (TPSA) is 54.1 Å². The van der Waals surface area contributed by atoms with Crippen LogP contribution in [-0.2, 0) is 11.3 Å². The van der Waals surface area contributed by atoms with Crippen molar-refractivity contribution >= 4 is 35.6 Å². The van der Waals surface area contributed by atoms with Gasteiger partial charge in [0.15, 0.2) is 5.96 Å². The van der Waals surface area contributed by atoms with Crippen LogP contribution < -0.4 is 10.6 Å². The molecule has 2 heterocycles. The van der Waals surface area contributed by atoms with Crippen molar-refractivity contribution in [3.63, 3.8) is 0 Å². The lowest BCUT2D eigenvalue weighted by atomic mass is 10.2. The van der Waals surface area contributed by atoms with E-state index in [1.807, 2.05) is 0 Å². The van der Waals surface area contributed by atoms with Gasteiger partial charge in [-0.3, -0.25) is 0 Å². The van der Waals surface area contributed by atoms with Crippen LogP contribution in [0, 0.1) is 0 Å². The number of rotatable bonds is 3. The maximum Gasteiger partial charge on any atom is 0.191 e. The average molecular weight is 414 g/mol. The Morgan fingerprint density at radius 3 is 2.64 bits per heavy atom. The van der Waals surface area contributed by atoms with Crippen molar-refractivity contribution in [2.24, 2.45) is 10.7 Å². The lowest BCUT2D eigenvalue weighted by Gasteiger charge is -2.27. The Balaban J connectivity index is 0.00000176. The van der Waals surface area contributed by atoms with Crippen molar-refractivity contribution in [2.75, 3.05) is 44.3 Å². The lowest BCUT2D eigenvalue weighted by Crippen LogP contribution is -2.44. The predicted molar refractivity (Wildman–Crippen MR) is 101 cm³/mol. The molecule has 0 unspecified atom stereocenters. The molecule has 5 nitrogen and oxygen atoms in total. The van der Waals surface area contributed by atoms with E-state index in [1.165, 1.54) is 11.3 Å². The van der Waals surface area contributed by atoms with Gasteiger partial charge in [0.1, 0.15) is 0 Å². The number of benzene rings is 1. The van der Waals surface area contributed by atoms with E-state index in [0.717, 1.165) is 39.4 Å². The number of ether oxygens (including phenoxy) is 1. The van der Waals surface area contributed by atoms with Gasteiger partial charge in [-0.2, -0.15) is 0 Å². The monoisotopic (exact) mass is 414 g/mol. The number of morpholine rings is 1. The molecule has 120 valence electrons. The van der Waals surface area contributed by atoms with E-state index in [-0.39, 0.29) is 24.0 Å². The summed E-state index contributed by atoms with van der Waals surface area (Å²) >= 11 is 0. The van der Waals surface area contributed by atoms with E-state index >= 15 is 0 Å². The summed E-state index contributed by atoms with van der Waals surface area (Å²) in [5, 5.41) is 0. The highest BCUT2D eigenvalue weighted by Gasteiger charge is 2.12. The third kappa shape index (κ3) is 4.36. The van der Waals surface area contributed by atoms with Crippen LogP contribution in [0.15, 0.2) is 41.4 Å². The molecular formula is C16H23IN4O. The molecule has 2 aliphatic rings. The van der Waals surface area contributed by atoms with Gasteiger partial charge < -0.3 is 20.3 Å². The van der Waals surface area contributed by atoms with Crippen LogP contribution in [0.5, 0.6) is 0 Å². The molecule has 1 saturated heterocycles. The molecule has 0 aliphatic carbocycles. The SMILES string of the molecule is I.NC(=NCc1cccc(N2CC=CC2)c1)N1CCOCC1. The second kappa shape index (κ2) is 8.38. The van der Waals surface area contributed by atoms with E-state index in [1.54, 1.807) is 0 Å². The van der Waals surface area contributed by atoms with E-state index in [9.17, 15) is 0 Å². The third-order valence-electron chi connectivity index (χ3n) is 3.85. The van der Waals surface area contributed by atoms with E-state index < -0.39 is 0 Å². The Labute approximate surface area is 148 Å². The van der Waals surface area contributed by atoms with Gasteiger partial charge in [0.25, 0.3) is 0 Å². The summed E-state index contributed by atoms with van der Waals surface area (Å²) in [5.74, 6) is 0.617. The van der Waals surface area contributed by atoms with Gasteiger partial charge in [0.05, 0.1) is 19.8 Å². The largest absolute Gasteiger partial charge is 0.378 e. The summed E-state index contributed by atoms with van der Waals surface area (Å²) in [7, 11) is 0. The van der Waals surface area contributed by atoms with Gasteiger partial charge in [-0.25, -0.2) is 4.99 Å². The fraction of sp³-hybridized carbons (Fsp3) is 0.438. The fourth-order valence-corrected chi connectivity index (χ4v) is 2.61. The molecule has 6 heteroatoms. The third-order valence-corrected chi connectivity index (χ3v) is 3.85. The number of hydrogen-bond donors (Lipinski definition) is 1. The molecule has 1 aromatic carbocycles. The van der Waals surface area contributed by atoms with Crippen molar-refractivity contribution in [1.29, 1.82) is 0 Å². The number of nitrogens with zero attached hydrogens (tertiary/aromatic N) is 3. The van der Waals surface area contributed by atoms with Crippen molar-refractivity contribution in [3.8, 4) is 0 Å². The minimum Gasteiger partial charge on any atom is -0.378 e. The number of halogens is 1. The van der Waals surface area contributed by atoms with Crippen LogP contribution >= 0.6 is 24.0 Å². The van der Waals surface area contributed by atoms with Gasteiger partial charge in [-0.1, -0.05) is 24.3 Å². The molecule has 1 fully saturated rings. The summed E-state index contributed by atoms with van der Waals surface area (Å²) in [6, 6.07) is 8.53. The van der Waals surface area contributed by atoms with Gasteiger partial charge in [0, 0.05) is 31.9 Å². The highest BCUT2D eigenvalue weighted by molar-refractivity contribution is 14.0. The van der Waals surface area contributed by atoms with Crippen molar-refractivity contribution in [3.05, 3.63) is 42.0 Å². The van der Waals surface area contributed by atoms with Crippen LogP contribution in [0.4, 0.5) is 5.69 Å². The number of nitrogens with two attached hydrogens (primary N) is 1. The fourth-order valence-electron chi connectivity index (χ4n) is 2.61. The van der Waals surface area contributed by atoms with Gasteiger partial charge in [-0.15, -0.1) is 24.0 Å². The molecular weight excluding hydrogens is 391 g/mol. The van der Waals surface area contributed by atoms with E-state index in [0.29, 0.717) is 12.5 Å². The van der Waals surface area contributed by atoms with Crippen molar-refractivity contribution < 1.29 is 4.74 Å². The highest BCUT2D eigenvalue weighted by atomic mass is 127. The summed E-state index contributed by atoms with van der Waals surface area (Å²) < 4.78 is 5.32. The number of guanidine groups is 1. The quantitative estimate of drug-likeness (QED) is 0.355. The molecule has 0 saturated carbocycles. The minimum absolute atomic E-state index is 0. The Morgan fingerprint density at radius 2 is 1.91 bits per heavy atom. The maximum atomic E-state index is 6.06. The predicted octanol–water partition coefficient (Wildman–Crippen LogP) is 1.83. The molecule has 0 spiro atoms. The molecule has 0 aromatic heterocycles. The first-order valence-electron chi connectivity index (χ1n) is 7.44. The Morgan fingerprint density at radius 1 is 1.18 bits per heavy atom. The molecule has 2 N–H and O–H groups in total. The minimum atomic E-state index is 0. The highest BCUT2D eigenvalue weighted by Crippen LogP contribution is 2.19. The average Bonchev–Trinajstić information content (AvgIpc) is 3.08. The first-order chi connectivity index (χ1) is 10.3. The smallest absolute Gasteiger partial charge is 0.191 e. The normalized spacial score (nSPS) is 18.5. The second-order valence-electron chi connectivity index (χ2n) is 5.32. The van der Waals surface area contributed by atoms with Crippen LogP contribution in [0.1, 0.15) is 5.56 Å². The first kappa shape index (κ1) is 17.1. The molecule has 2 aliphatic heterocycles. The molecule has 0 bridgehead atoms. The first-order valence-corrected chi connectivity index (χ1v) is 7.44. The standard InChI is InChI=1S/C16H22N4O.HI/c17-16(20-8-10-21-11-9-20)18-13-14-4-3-5-15(12-14)19-6-1-2-7-19;/h1-5,12H,6-11,13H2,(H2,17,18);1H. The molecule has 1 aromatic rings. The van der Waals surface area contributed by atoms with E-state index in [2.05, 4.69) is 51.2 Å².